The highest BCUT2D eigenvalue weighted by molar-refractivity contribution is 5.43. The van der Waals surface area contributed by atoms with Crippen LogP contribution in [0.5, 0.6) is 5.75 Å². The van der Waals surface area contributed by atoms with Crippen molar-refractivity contribution in [2.24, 2.45) is 0 Å². The molecular weight excluding hydrogens is 240 g/mol. The largest absolute Gasteiger partial charge is 0.496 e. The van der Waals surface area contributed by atoms with Gasteiger partial charge in [-0.25, -0.2) is 0 Å². The van der Waals surface area contributed by atoms with E-state index in [1.807, 2.05) is 0 Å². The molecule has 0 aromatic heterocycles. The van der Waals surface area contributed by atoms with Gasteiger partial charge in [0.1, 0.15) is 5.75 Å². The van der Waals surface area contributed by atoms with Crippen LogP contribution in [0, 0.1) is 0 Å². The lowest BCUT2D eigenvalue weighted by atomic mass is 9.96. The smallest absolute Gasteiger partial charge is 0.123 e. The Morgan fingerprint density at radius 2 is 2.21 bits per heavy atom. The van der Waals surface area contributed by atoms with Crippen LogP contribution in [-0.2, 0) is 19.5 Å². The molecule has 19 heavy (non-hydrogen) atoms. The highest BCUT2D eigenvalue weighted by atomic mass is 16.5. The number of aliphatic hydroxyl groups is 1. The molecule has 0 bridgehead atoms. The Morgan fingerprint density at radius 1 is 1.37 bits per heavy atom. The van der Waals surface area contributed by atoms with E-state index < -0.39 is 0 Å². The van der Waals surface area contributed by atoms with Gasteiger partial charge in [0.05, 0.1) is 7.11 Å². The standard InChI is InChI=1S/C15H24N2O2/c1-17-6-4-12-8-13(10-16-5-3-7-18)15(19-2)9-14(12)11-17/h8-9,16,18H,3-7,10-11H2,1-2H3. The molecule has 1 heterocycles. The van der Waals surface area contributed by atoms with Crippen LogP contribution in [-0.4, -0.2) is 43.9 Å². The van der Waals surface area contributed by atoms with E-state index in [1.54, 1.807) is 7.11 Å². The first kappa shape index (κ1) is 14.3. The Hall–Kier alpha value is -1.10. The van der Waals surface area contributed by atoms with E-state index in [4.69, 9.17) is 9.84 Å². The van der Waals surface area contributed by atoms with Crippen molar-refractivity contribution < 1.29 is 9.84 Å². The molecule has 0 aliphatic carbocycles. The van der Waals surface area contributed by atoms with Crippen LogP contribution in [0.4, 0.5) is 0 Å². The topological polar surface area (TPSA) is 44.7 Å². The quantitative estimate of drug-likeness (QED) is 0.757. The number of aliphatic hydroxyl groups excluding tert-OH is 1. The van der Waals surface area contributed by atoms with Gasteiger partial charge in [0.15, 0.2) is 0 Å². The normalized spacial score (nSPS) is 15.3. The van der Waals surface area contributed by atoms with Gasteiger partial charge in [-0.2, -0.15) is 0 Å². The predicted molar refractivity (Wildman–Crippen MR) is 76.4 cm³/mol. The molecule has 106 valence electrons. The zero-order valence-electron chi connectivity index (χ0n) is 11.9. The van der Waals surface area contributed by atoms with Gasteiger partial charge in [0, 0.05) is 31.8 Å². The molecule has 0 spiro atoms. The molecule has 1 aromatic rings. The highest BCUT2D eigenvalue weighted by Crippen LogP contribution is 2.27. The van der Waals surface area contributed by atoms with E-state index in [9.17, 15) is 0 Å². The number of fused-ring (bicyclic) bond motifs is 1. The molecule has 0 saturated carbocycles. The van der Waals surface area contributed by atoms with Gasteiger partial charge in [0.2, 0.25) is 0 Å². The number of hydrogen-bond donors (Lipinski definition) is 2. The number of likely N-dealkylation sites (N-methyl/N-ethyl adjacent to an activating group) is 1. The third kappa shape index (κ3) is 3.69. The molecule has 1 aliphatic heterocycles. The van der Waals surface area contributed by atoms with Crippen LogP contribution in [0.15, 0.2) is 12.1 Å². The van der Waals surface area contributed by atoms with E-state index in [0.717, 1.165) is 44.8 Å². The number of ether oxygens (including phenoxy) is 1. The molecule has 2 N–H and O–H groups in total. The van der Waals surface area contributed by atoms with E-state index >= 15 is 0 Å². The summed E-state index contributed by atoms with van der Waals surface area (Å²) in [7, 11) is 3.88. The lowest BCUT2D eigenvalue weighted by Gasteiger charge is -2.26. The fourth-order valence-corrected chi connectivity index (χ4v) is 2.53. The molecular formula is C15H24N2O2. The van der Waals surface area contributed by atoms with Crippen LogP contribution in [0.1, 0.15) is 23.1 Å². The van der Waals surface area contributed by atoms with Gasteiger partial charge in [-0.15, -0.1) is 0 Å². The molecule has 0 saturated heterocycles. The third-order valence-corrected chi connectivity index (χ3v) is 3.63. The van der Waals surface area contributed by atoms with Gasteiger partial charge >= 0.3 is 0 Å². The van der Waals surface area contributed by atoms with Crippen molar-refractivity contribution in [1.82, 2.24) is 10.2 Å². The molecule has 0 atom stereocenters. The summed E-state index contributed by atoms with van der Waals surface area (Å²) in [6.07, 6.45) is 1.90. The monoisotopic (exact) mass is 264 g/mol. The number of nitrogens with zero attached hydrogens (tertiary/aromatic N) is 1. The molecule has 4 nitrogen and oxygen atoms in total. The van der Waals surface area contributed by atoms with Gasteiger partial charge in [-0.1, -0.05) is 6.07 Å². The summed E-state index contributed by atoms with van der Waals surface area (Å²) in [6.45, 7) is 3.99. The lowest BCUT2D eigenvalue weighted by Crippen LogP contribution is -2.27. The Labute approximate surface area is 115 Å². The fourth-order valence-electron chi connectivity index (χ4n) is 2.53. The SMILES string of the molecule is COc1cc2c(cc1CNCCCO)CCN(C)C2. The summed E-state index contributed by atoms with van der Waals surface area (Å²) in [6, 6.07) is 4.45. The lowest BCUT2D eigenvalue weighted by molar-refractivity contribution is 0.286. The Bertz CT molecular complexity index is 421. The molecule has 0 amide bonds. The summed E-state index contributed by atoms with van der Waals surface area (Å²) in [4.78, 5) is 2.33. The molecule has 1 aliphatic rings. The minimum absolute atomic E-state index is 0.237. The molecule has 4 heteroatoms. The van der Waals surface area contributed by atoms with E-state index in [-0.39, 0.29) is 6.61 Å². The second kappa shape index (κ2) is 6.89. The van der Waals surface area contributed by atoms with Crippen molar-refractivity contribution in [3.8, 4) is 5.75 Å². The molecule has 0 fully saturated rings. The maximum Gasteiger partial charge on any atom is 0.123 e. The second-order valence-corrected chi connectivity index (χ2v) is 5.17. The molecule has 0 radical (unpaired) electrons. The maximum absolute atomic E-state index is 8.78. The number of rotatable bonds is 6. The van der Waals surface area contributed by atoms with Crippen molar-refractivity contribution in [3.05, 3.63) is 28.8 Å². The van der Waals surface area contributed by atoms with E-state index in [1.165, 1.54) is 16.7 Å². The first-order valence-corrected chi connectivity index (χ1v) is 6.93. The van der Waals surface area contributed by atoms with Crippen molar-refractivity contribution in [3.63, 3.8) is 0 Å². The number of nitrogens with one attached hydrogen (secondary N) is 1. The summed E-state index contributed by atoms with van der Waals surface area (Å²) in [5.74, 6) is 0.963. The predicted octanol–water partition coefficient (Wildman–Crippen LogP) is 1.16. The summed E-state index contributed by atoms with van der Waals surface area (Å²) >= 11 is 0. The van der Waals surface area contributed by atoms with Crippen LogP contribution < -0.4 is 10.1 Å². The zero-order chi connectivity index (χ0) is 13.7. The highest BCUT2D eigenvalue weighted by Gasteiger charge is 2.16. The summed E-state index contributed by atoms with van der Waals surface area (Å²) in [5.41, 5.74) is 4.03. The minimum atomic E-state index is 0.237. The minimum Gasteiger partial charge on any atom is -0.496 e. The average Bonchev–Trinajstić information content (AvgIpc) is 2.42. The number of benzene rings is 1. The summed E-state index contributed by atoms with van der Waals surface area (Å²) in [5, 5.41) is 12.1. The van der Waals surface area contributed by atoms with Crippen LogP contribution in [0.25, 0.3) is 0 Å². The third-order valence-electron chi connectivity index (χ3n) is 3.63. The number of hydrogen-bond acceptors (Lipinski definition) is 4. The Kier molecular flexibility index (Phi) is 5.19. The van der Waals surface area contributed by atoms with E-state index in [2.05, 4.69) is 29.4 Å². The average molecular weight is 264 g/mol. The van der Waals surface area contributed by atoms with Crippen LogP contribution in [0.2, 0.25) is 0 Å². The van der Waals surface area contributed by atoms with Gasteiger partial charge in [0.25, 0.3) is 0 Å². The molecule has 0 unspecified atom stereocenters. The van der Waals surface area contributed by atoms with Crippen molar-refractivity contribution >= 4 is 0 Å². The maximum atomic E-state index is 8.78. The van der Waals surface area contributed by atoms with Crippen molar-refractivity contribution in [2.75, 3.05) is 33.9 Å². The van der Waals surface area contributed by atoms with Crippen LogP contribution in [0.3, 0.4) is 0 Å². The van der Waals surface area contributed by atoms with E-state index in [0.29, 0.717) is 0 Å². The zero-order valence-corrected chi connectivity index (χ0v) is 11.9. The summed E-state index contributed by atoms with van der Waals surface area (Å²) < 4.78 is 5.50. The second-order valence-electron chi connectivity index (χ2n) is 5.17. The fraction of sp³-hybridized carbons (Fsp3) is 0.600. The van der Waals surface area contributed by atoms with Gasteiger partial charge in [-0.05, 0) is 43.6 Å². The molecule has 2 rings (SSSR count). The first-order chi connectivity index (χ1) is 9.24. The number of methoxy groups -OCH3 is 1. The van der Waals surface area contributed by atoms with Crippen LogP contribution >= 0.6 is 0 Å². The van der Waals surface area contributed by atoms with Crippen molar-refractivity contribution in [2.45, 2.75) is 25.9 Å². The molecule has 1 aromatic carbocycles. The van der Waals surface area contributed by atoms with Crippen molar-refractivity contribution in [1.29, 1.82) is 0 Å². The Balaban J connectivity index is 2.09. The first-order valence-electron chi connectivity index (χ1n) is 6.93. The van der Waals surface area contributed by atoms with Gasteiger partial charge in [-0.3, -0.25) is 0 Å². The van der Waals surface area contributed by atoms with Gasteiger partial charge < -0.3 is 20.1 Å². The Morgan fingerprint density at radius 3 is 2.95 bits per heavy atom.